The van der Waals surface area contributed by atoms with Crippen molar-refractivity contribution in [1.82, 2.24) is 19.7 Å². The van der Waals surface area contributed by atoms with Gasteiger partial charge in [-0.1, -0.05) is 6.07 Å². The van der Waals surface area contributed by atoms with E-state index in [0.29, 0.717) is 18.1 Å². The van der Waals surface area contributed by atoms with Crippen LogP contribution in [0.3, 0.4) is 0 Å². The molecule has 2 N–H and O–H groups in total. The maximum atomic E-state index is 12.4. The first-order chi connectivity index (χ1) is 13.2. The highest BCUT2D eigenvalue weighted by Gasteiger charge is 2.13. The van der Waals surface area contributed by atoms with Gasteiger partial charge in [-0.25, -0.2) is 0 Å². The minimum Gasteiger partial charge on any atom is -0.321 e. The van der Waals surface area contributed by atoms with Crippen LogP contribution in [0.5, 0.6) is 0 Å². The molecule has 0 unspecified atom stereocenters. The van der Waals surface area contributed by atoms with E-state index in [-0.39, 0.29) is 5.56 Å². The van der Waals surface area contributed by atoms with Crippen LogP contribution in [0.2, 0.25) is 0 Å². The lowest BCUT2D eigenvalue weighted by Crippen LogP contribution is -2.23. The Kier molecular flexibility index (Phi) is 4.63. The van der Waals surface area contributed by atoms with Gasteiger partial charge in [0, 0.05) is 24.7 Å². The van der Waals surface area contributed by atoms with Crippen LogP contribution in [0.1, 0.15) is 15.9 Å². The van der Waals surface area contributed by atoms with Gasteiger partial charge in [0.15, 0.2) is 5.82 Å². The predicted molar refractivity (Wildman–Crippen MR) is 104 cm³/mol. The van der Waals surface area contributed by atoms with E-state index in [1.54, 1.807) is 35.4 Å². The van der Waals surface area contributed by atoms with Crippen molar-refractivity contribution in [2.24, 2.45) is 0 Å². The third-order valence-electron chi connectivity index (χ3n) is 3.92. The van der Waals surface area contributed by atoms with Gasteiger partial charge in [0.25, 0.3) is 11.5 Å². The summed E-state index contributed by atoms with van der Waals surface area (Å²) in [7, 11) is 0. The van der Waals surface area contributed by atoms with Crippen LogP contribution in [0.4, 0.5) is 5.82 Å². The first-order valence-corrected chi connectivity index (χ1v) is 9.08. The second-order valence-corrected chi connectivity index (χ2v) is 6.75. The number of thiophene rings is 1. The molecule has 0 atom stereocenters. The third kappa shape index (κ3) is 3.85. The fourth-order valence-electron chi connectivity index (χ4n) is 2.60. The summed E-state index contributed by atoms with van der Waals surface area (Å²) < 4.78 is 1.70. The molecular formula is C19H15N5O2S. The van der Waals surface area contributed by atoms with Gasteiger partial charge in [-0.2, -0.15) is 5.10 Å². The highest BCUT2D eigenvalue weighted by atomic mass is 32.1. The number of amides is 1. The molecule has 0 bridgehead atoms. The normalized spacial score (nSPS) is 10.7. The largest absolute Gasteiger partial charge is 0.321 e. The minimum atomic E-state index is -0.497. The predicted octanol–water partition coefficient (Wildman–Crippen LogP) is 3.00. The number of rotatable bonds is 5. The highest BCUT2D eigenvalue weighted by Crippen LogP contribution is 2.21. The molecule has 0 radical (unpaired) electrons. The molecular weight excluding hydrogens is 362 g/mol. The molecule has 8 heteroatoms. The second-order valence-electron chi connectivity index (χ2n) is 5.80. The molecule has 0 aliphatic heterocycles. The molecule has 4 heterocycles. The molecule has 0 aromatic carbocycles. The van der Waals surface area contributed by atoms with Crippen LogP contribution in [-0.2, 0) is 6.54 Å². The number of aromatic nitrogens is 4. The molecule has 0 saturated carbocycles. The summed E-state index contributed by atoms with van der Waals surface area (Å²) in [6.07, 6.45) is 5.20. The number of carbonyl (C=O) groups is 1. The Balaban J connectivity index is 1.47. The van der Waals surface area contributed by atoms with Crippen molar-refractivity contribution in [3.05, 3.63) is 87.9 Å². The summed E-state index contributed by atoms with van der Waals surface area (Å²) in [5.41, 5.74) is 1.34. The molecule has 4 rings (SSSR count). The maximum absolute atomic E-state index is 12.4. The number of pyridine rings is 2. The summed E-state index contributed by atoms with van der Waals surface area (Å²) in [6, 6.07) is 12.5. The maximum Gasteiger partial charge on any atom is 0.262 e. The number of aromatic amines is 1. The topological polar surface area (TPSA) is 92.7 Å². The lowest BCUT2D eigenvalue weighted by molar-refractivity contribution is 0.102. The number of carbonyl (C=O) groups excluding carboxylic acids is 1. The lowest BCUT2D eigenvalue weighted by atomic mass is 10.2. The quantitative estimate of drug-likeness (QED) is 0.559. The Morgan fingerprint density at radius 3 is 2.74 bits per heavy atom. The van der Waals surface area contributed by atoms with E-state index < -0.39 is 11.5 Å². The van der Waals surface area contributed by atoms with Crippen molar-refractivity contribution in [3.63, 3.8) is 0 Å². The number of anilines is 1. The monoisotopic (exact) mass is 377 g/mol. The number of nitrogens with zero attached hydrogens (tertiary/aromatic N) is 3. The van der Waals surface area contributed by atoms with Crippen LogP contribution in [0, 0.1) is 0 Å². The molecule has 4 aromatic rings. The second kappa shape index (κ2) is 7.38. The van der Waals surface area contributed by atoms with E-state index in [0.717, 1.165) is 10.4 Å². The molecule has 134 valence electrons. The van der Waals surface area contributed by atoms with E-state index in [1.807, 2.05) is 29.6 Å². The van der Waals surface area contributed by atoms with Crippen LogP contribution < -0.4 is 10.9 Å². The number of hydrogen-bond donors (Lipinski definition) is 2. The fourth-order valence-corrected chi connectivity index (χ4v) is 3.31. The Labute approximate surface area is 158 Å². The van der Waals surface area contributed by atoms with Crippen LogP contribution in [0.25, 0.3) is 10.6 Å². The van der Waals surface area contributed by atoms with E-state index in [2.05, 4.69) is 20.4 Å². The van der Waals surface area contributed by atoms with Crippen molar-refractivity contribution in [2.45, 2.75) is 6.54 Å². The summed E-state index contributed by atoms with van der Waals surface area (Å²) in [4.78, 5) is 32.3. The summed E-state index contributed by atoms with van der Waals surface area (Å²) in [6.45, 7) is 0.564. The SMILES string of the molecule is O=C(Nc1ccn(Cc2ccncc2)n1)c1ccc(-c2cccs2)[nH]c1=O. The average Bonchev–Trinajstić information content (AvgIpc) is 3.35. The first-order valence-electron chi connectivity index (χ1n) is 8.20. The van der Waals surface area contributed by atoms with Gasteiger partial charge in [0.2, 0.25) is 0 Å². The van der Waals surface area contributed by atoms with E-state index in [9.17, 15) is 9.59 Å². The smallest absolute Gasteiger partial charge is 0.262 e. The minimum absolute atomic E-state index is 0.0407. The number of H-pyrrole nitrogens is 1. The lowest BCUT2D eigenvalue weighted by Gasteiger charge is -2.04. The summed E-state index contributed by atoms with van der Waals surface area (Å²) in [5, 5.41) is 8.90. The standard InChI is InChI=1S/C19H15N5O2S/c25-18-14(3-4-15(21-18)16-2-1-11-27-16)19(26)22-17-7-10-24(23-17)12-13-5-8-20-9-6-13/h1-11H,12H2,(H,21,25)(H,22,23,26). The number of nitrogens with one attached hydrogen (secondary N) is 2. The van der Waals surface area contributed by atoms with E-state index >= 15 is 0 Å². The van der Waals surface area contributed by atoms with Crippen molar-refractivity contribution in [2.75, 3.05) is 5.32 Å². The molecule has 0 aliphatic carbocycles. The van der Waals surface area contributed by atoms with Gasteiger partial charge in [-0.05, 0) is 41.3 Å². The van der Waals surface area contributed by atoms with Crippen molar-refractivity contribution in [3.8, 4) is 10.6 Å². The van der Waals surface area contributed by atoms with E-state index in [1.165, 1.54) is 17.4 Å². The number of hydrogen-bond acceptors (Lipinski definition) is 5. The van der Waals surface area contributed by atoms with Gasteiger partial charge in [0.05, 0.1) is 17.1 Å². The Hall–Kier alpha value is -3.52. The van der Waals surface area contributed by atoms with Gasteiger partial charge < -0.3 is 10.3 Å². The van der Waals surface area contributed by atoms with Crippen molar-refractivity contribution in [1.29, 1.82) is 0 Å². The summed E-state index contributed by atoms with van der Waals surface area (Å²) >= 11 is 1.52. The molecule has 0 aliphatic rings. The van der Waals surface area contributed by atoms with Crippen LogP contribution in [-0.4, -0.2) is 25.7 Å². The summed E-state index contributed by atoms with van der Waals surface area (Å²) in [5.74, 6) is -0.112. The highest BCUT2D eigenvalue weighted by molar-refractivity contribution is 7.13. The average molecular weight is 377 g/mol. The van der Waals surface area contributed by atoms with Crippen molar-refractivity contribution >= 4 is 23.1 Å². The van der Waals surface area contributed by atoms with Crippen LogP contribution in [0.15, 0.2) is 71.2 Å². The van der Waals surface area contributed by atoms with Crippen molar-refractivity contribution < 1.29 is 4.79 Å². The van der Waals surface area contributed by atoms with E-state index in [4.69, 9.17) is 0 Å². The Bertz CT molecular complexity index is 1120. The zero-order valence-corrected chi connectivity index (χ0v) is 14.9. The Morgan fingerprint density at radius 1 is 1.15 bits per heavy atom. The molecule has 7 nitrogen and oxygen atoms in total. The molecule has 0 saturated heterocycles. The van der Waals surface area contributed by atoms with Gasteiger partial charge in [0.1, 0.15) is 5.56 Å². The zero-order chi connectivity index (χ0) is 18.6. The molecule has 4 aromatic heterocycles. The van der Waals surface area contributed by atoms with Crippen LogP contribution >= 0.6 is 11.3 Å². The Morgan fingerprint density at radius 2 is 2.00 bits per heavy atom. The molecule has 27 heavy (non-hydrogen) atoms. The molecule has 0 spiro atoms. The molecule has 1 amide bonds. The van der Waals surface area contributed by atoms with Gasteiger partial charge in [-0.15, -0.1) is 11.3 Å². The molecule has 0 fully saturated rings. The fraction of sp³-hybridized carbons (Fsp3) is 0.0526. The zero-order valence-electron chi connectivity index (χ0n) is 14.1. The third-order valence-corrected chi connectivity index (χ3v) is 4.82. The van der Waals surface area contributed by atoms with Gasteiger partial charge >= 0.3 is 0 Å². The first kappa shape index (κ1) is 16.9. The van der Waals surface area contributed by atoms with Gasteiger partial charge in [-0.3, -0.25) is 19.3 Å².